The van der Waals surface area contributed by atoms with Gasteiger partial charge in [0, 0.05) is 37.7 Å². The van der Waals surface area contributed by atoms with E-state index in [1.165, 1.54) is 0 Å². The quantitative estimate of drug-likeness (QED) is 0.858. The van der Waals surface area contributed by atoms with E-state index < -0.39 is 0 Å². The number of benzene rings is 1. The van der Waals surface area contributed by atoms with Gasteiger partial charge in [-0.3, -0.25) is 9.69 Å². The fourth-order valence-corrected chi connectivity index (χ4v) is 2.89. The minimum absolute atomic E-state index is 0.00880. The van der Waals surface area contributed by atoms with Crippen molar-refractivity contribution in [2.45, 2.75) is 31.8 Å². The monoisotopic (exact) mass is 291 g/mol. The first-order chi connectivity index (χ1) is 10.2. The topological polar surface area (TPSA) is 67.6 Å². The van der Waals surface area contributed by atoms with Crippen molar-refractivity contribution in [3.63, 3.8) is 0 Å². The molecule has 21 heavy (non-hydrogen) atoms. The van der Waals surface area contributed by atoms with Gasteiger partial charge in [0.15, 0.2) is 0 Å². The molecular weight excluding hydrogens is 266 g/mol. The van der Waals surface area contributed by atoms with E-state index in [9.17, 15) is 4.79 Å². The molecule has 1 aromatic rings. The number of nitrogens with one attached hydrogen (secondary N) is 1. The summed E-state index contributed by atoms with van der Waals surface area (Å²) in [6, 6.07) is 8.08. The lowest BCUT2D eigenvalue weighted by Gasteiger charge is -2.35. The molecule has 0 radical (unpaired) electrons. The average molecular weight is 291 g/mol. The molecule has 1 aliphatic heterocycles. The molecule has 0 saturated carbocycles. The van der Waals surface area contributed by atoms with Gasteiger partial charge in [0.1, 0.15) is 5.75 Å². The average Bonchev–Trinajstić information content (AvgIpc) is 2.73. The van der Waals surface area contributed by atoms with E-state index in [0.29, 0.717) is 13.0 Å². The Morgan fingerprint density at radius 3 is 2.86 bits per heavy atom. The van der Waals surface area contributed by atoms with Crippen molar-refractivity contribution in [3.05, 3.63) is 29.8 Å². The summed E-state index contributed by atoms with van der Waals surface area (Å²) in [5, 5.41) is 2.91. The third kappa shape index (κ3) is 3.74. The second kappa shape index (κ2) is 7.43. The normalized spacial score (nSPS) is 19.5. The number of amides is 1. The van der Waals surface area contributed by atoms with Gasteiger partial charge in [0.2, 0.25) is 5.91 Å². The van der Waals surface area contributed by atoms with Crippen molar-refractivity contribution in [2.24, 2.45) is 5.73 Å². The Kier molecular flexibility index (Phi) is 5.59. The minimum Gasteiger partial charge on any atom is -0.496 e. The highest BCUT2D eigenvalue weighted by molar-refractivity contribution is 5.76. The van der Waals surface area contributed by atoms with Gasteiger partial charge in [0.05, 0.1) is 13.2 Å². The van der Waals surface area contributed by atoms with Crippen molar-refractivity contribution in [2.75, 3.05) is 26.7 Å². The molecule has 116 valence electrons. The molecule has 1 fully saturated rings. The molecule has 1 amide bonds. The molecule has 0 aromatic heterocycles. The maximum absolute atomic E-state index is 11.6. The molecule has 3 N–H and O–H groups in total. The van der Waals surface area contributed by atoms with Crippen LogP contribution in [0.5, 0.6) is 5.75 Å². The highest BCUT2D eigenvalue weighted by Crippen LogP contribution is 2.32. The van der Waals surface area contributed by atoms with Gasteiger partial charge in [-0.1, -0.05) is 25.1 Å². The Bertz CT molecular complexity index is 478. The van der Waals surface area contributed by atoms with E-state index in [0.717, 1.165) is 30.8 Å². The third-order valence-corrected chi connectivity index (χ3v) is 4.08. The second-order valence-electron chi connectivity index (χ2n) is 5.39. The highest BCUT2D eigenvalue weighted by atomic mass is 16.5. The Morgan fingerprint density at radius 1 is 1.38 bits per heavy atom. The van der Waals surface area contributed by atoms with Gasteiger partial charge in [-0.25, -0.2) is 0 Å². The standard InChI is InChI=1S/C16H25N3O2/c1-3-13(17)16(12-6-4-5-7-14(12)21-2)19-10-8-15(20)18-9-11-19/h4-7,13,16H,3,8-11,17H2,1-2H3,(H,18,20). The van der Waals surface area contributed by atoms with Gasteiger partial charge < -0.3 is 15.8 Å². The van der Waals surface area contributed by atoms with Crippen LogP contribution in [0.4, 0.5) is 0 Å². The van der Waals surface area contributed by atoms with E-state index in [2.05, 4.69) is 23.2 Å². The molecule has 0 spiro atoms. The van der Waals surface area contributed by atoms with Crippen molar-refractivity contribution < 1.29 is 9.53 Å². The molecule has 2 unspecified atom stereocenters. The fraction of sp³-hybridized carbons (Fsp3) is 0.562. The summed E-state index contributed by atoms with van der Waals surface area (Å²) in [7, 11) is 1.68. The highest BCUT2D eigenvalue weighted by Gasteiger charge is 2.29. The van der Waals surface area contributed by atoms with E-state index in [-0.39, 0.29) is 18.0 Å². The van der Waals surface area contributed by atoms with Crippen LogP contribution in [0.25, 0.3) is 0 Å². The fourth-order valence-electron chi connectivity index (χ4n) is 2.89. The molecule has 1 aliphatic rings. The number of para-hydroxylation sites is 1. The molecule has 5 heteroatoms. The summed E-state index contributed by atoms with van der Waals surface area (Å²) < 4.78 is 5.50. The Morgan fingerprint density at radius 2 is 2.14 bits per heavy atom. The first-order valence-electron chi connectivity index (χ1n) is 7.56. The summed E-state index contributed by atoms with van der Waals surface area (Å²) >= 11 is 0. The number of hydrogen-bond donors (Lipinski definition) is 2. The number of rotatable bonds is 5. The van der Waals surface area contributed by atoms with Crippen LogP contribution in [0.2, 0.25) is 0 Å². The van der Waals surface area contributed by atoms with Crippen LogP contribution in [0.1, 0.15) is 31.4 Å². The van der Waals surface area contributed by atoms with Crippen molar-refractivity contribution in [1.29, 1.82) is 0 Å². The molecular formula is C16H25N3O2. The van der Waals surface area contributed by atoms with E-state index in [1.807, 2.05) is 18.2 Å². The molecule has 1 heterocycles. The largest absolute Gasteiger partial charge is 0.496 e. The van der Waals surface area contributed by atoms with E-state index >= 15 is 0 Å². The van der Waals surface area contributed by atoms with Gasteiger partial charge in [-0.15, -0.1) is 0 Å². The first-order valence-corrected chi connectivity index (χ1v) is 7.56. The smallest absolute Gasteiger partial charge is 0.221 e. The summed E-state index contributed by atoms with van der Waals surface area (Å²) in [4.78, 5) is 13.9. The number of hydrogen-bond acceptors (Lipinski definition) is 4. The Balaban J connectivity index is 2.31. The lowest BCUT2D eigenvalue weighted by atomic mass is 9.95. The van der Waals surface area contributed by atoms with E-state index in [1.54, 1.807) is 7.11 Å². The number of carbonyl (C=O) groups is 1. The van der Waals surface area contributed by atoms with Crippen molar-refractivity contribution in [3.8, 4) is 5.75 Å². The third-order valence-electron chi connectivity index (χ3n) is 4.08. The van der Waals surface area contributed by atoms with Crippen LogP contribution < -0.4 is 15.8 Å². The molecule has 1 aromatic carbocycles. The van der Waals surface area contributed by atoms with E-state index in [4.69, 9.17) is 10.5 Å². The number of nitrogens with two attached hydrogens (primary N) is 1. The number of ether oxygens (including phenoxy) is 1. The Hall–Kier alpha value is -1.59. The van der Waals surface area contributed by atoms with Crippen molar-refractivity contribution in [1.82, 2.24) is 10.2 Å². The van der Waals surface area contributed by atoms with Gasteiger partial charge in [-0.05, 0) is 12.5 Å². The van der Waals surface area contributed by atoms with Crippen LogP contribution in [-0.4, -0.2) is 43.6 Å². The molecule has 0 bridgehead atoms. The lowest BCUT2D eigenvalue weighted by molar-refractivity contribution is -0.120. The van der Waals surface area contributed by atoms with Crippen LogP contribution in [0.3, 0.4) is 0 Å². The second-order valence-corrected chi connectivity index (χ2v) is 5.39. The minimum atomic E-state index is 0.00880. The SMILES string of the molecule is CCC(N)C(c1ccccc1OC)N1CCNC(=O)CC1. The zero-order valence-electron chi connectivity index (χ0n) is 12.8. The summed E-state index contributed by atoms with van der Waals surface area (Å²) in [6.07, 6.45) is 1.39. The van der Waals surface area contributed by atoms with Crippen LogP contribution in [-0.2, 0) is 4.79 Å². The number of carbonyl (C=O) groups excluding carboxylic acids is 1. The van der Waals surface area contributed by atoms with Gasteiger partial charge >= 0.3 is 0 Å². The molecule has 1 saturated heterocycles. The zero-order chi connectivity index (χ0) is 15.2. The van der Waals surface area contributed by atoms with Crippen LogP contribution >= 0.6 is 0 Å². The van der Waals surface area contributed by atoms with Crippen LogP contribution in [0, 0.1) is 0 Å². The molecule has 2 rings (SSSR count). The lowest BCUT2D eigenvalue weighted by Crippen LogP contribution is -2.42. The number of methoxy groups -OCH3 is 1. The van der Waals surface area contributed by atoms with Gasteiger partial charge in [-0.2, -0.15) is 0 Å². The first kappa shape index (κ1) is 15.8. The maximum Gasteiger partial charge on any atom is 0.221 e. The summed E-state index contributed by atoms with van der Waals surface area (Å²) in [5.74, 6) is 0.969. The van der Waals surface area contributed by atoms with Crippen LogP contribution in [0.15, 0.2) is 24.3 Å². The summed E-state index contributed by atoms with van der Waals surface area (Å²) in [6.45, 7) is 4.29. The molecule has 0 aliphatic carbocycles. The number of nitrogens with zero attached hydrogens (tertiary/aromatic N) is 1. The molecule has 2 atom stereocenters. The van der Waals surface area contributed by atoms with Crippen molar-refractivity contribution >= 4 is 5.91 Å². The Labute approximate surface area is 126 Å². The predicted octanol–water partition coefficient (Wildman–Crippen LogP) is 1.30. The zero-order valence-corrected chi connectivity index (χ0v) is 12.8. The molecule has 5 nitrogen and oxygen atoms in total. The predicted molar refractivity (Wildman–Crippen MR) is 83.2 cm³/mol. The summed E-state index contributed by atoms with van der Waals surface area (Å²) in [5.41, 5.74) is 7.49. The van der Waals surface area contributed by atoms with Gasteiger partial charge in [0.25, 0.3) is 0 Å². The maximum atomic E-state index is 11.6.